The Bertz CT molecular complexity index is 414. The average molecular weight is 213 g/mol. The van der Waals surface area contributed by atoms with Crippen LogP contribution >= 0.6 is 0 Å². The molecule has 0 amide bonds. The molecule has 2 aromatic heterocycles. The van der Waals surface area contributed by atoms with Crippen LogP contribution in [0.15, 0.2) is 48.9 Å². The van der Waals surface area contributed by atoms with E-state index in [-0.39, 0.29) is 6.04 Å². The van der Waals surface area contributed by atoms with Crippen LogP contribution in [0.3, 0.4) is 0 Å². The van der Waals surface area contributed by atoms with Gasteiger partial charge in [-0.1, -0.05) is 12.1 Å². The molecule has 0 spiro atoms. The van der Waals surface area contributed by atoms with Crippen LogP contribution in [0.25, 0.3) is 0 Å². The molecule has 0 aliphatic rings. The second-order valence-electron chi connectivity index (χ2n) is 3.71. The van der Waals surface area contributed by atoms with Gasteiger partial charge < -0.3 is 5.32 Å². The fourth-order valence-corrected chi connectivity index (χ4v) is 1.51. The van der Waals surface area contributed by atoms with Gasteiger partial charge in [0.05, 0.1) is 5.69 Å². The van der Waals surface area contributed by atoms with E-state index in [9.17, 15) is 0 Å². The van der Waals surface area contributed by atoms with E-state index in [1.54, 1.807) is 6.20 Å². The average Bonchev–Trinajstić information content (AvgIpc) is 2.38. The van der Waals surface area contributed by atoms with Crippen LogP contribution in [0.1, 0.15) is 24.2 Å². The molecule has 0 aromatic carbocycles. The van der Waals surface area contributed by atoms with Gasteiger partial charge in [-0.3, -0.25) is 9.97 Å². The van der Waals surface area contributed by atoms with Gasteiger partial charge in [-0.2, -0.15) is 0 Å². The summed E-state index contributed by atoms with van der Waals surface area (Å²) in [5.41, 5.74) is 2.25. The summed E-state index contributed by atoms with van der Waals surface area (Å²) in [4.78, 5) is 8.37. The molecule has 1 N–H and O–H groups in total. The lowest BCUT2D eigenvalue weighted by atomic mass is 10.1. The molecule has 82 valence electrons. The van der Waals surface area contributed by atoms with E-state index in [0.717, 1.165) is 12.2 Å². The highest BCUT2D eigenvalue weighted by atomic mass is 14.9. The minimum atomic E-state index is 0.288. The van der Waals surface area contributed by atoms with Crippen LogP contribution in [-0.4, -0.2) is 9.97 Å². The summed E-state index contributed by atoms with van der Waals surface area (Å²) in [6.07, 6.45) is 5.48. The zero-order chi connectivity index (χ0) is 11.2. The number of rotatable bonds is 4. The van der Waals surface area contributed by atoms with Gasteiger partial charge in [0.25, 0.3) is 0 Å². The van der Waals surface area contributed by atoms with Crippen LogP contribution < -0.4 is 5.32 Å². The number of nitrogens with zero attached hydrogens (tertiary/aromatic N) is 2. The largest absolute Gasteiger partial charge is 0.305 e. The molecular formula is C13H15N3. The normalized spacial score (nSPS) is 12.3. The lowest BCUT2D eigenvalue weighted by Crippen LogP contribution is -2.18. The van der Waals surface area contributed by atoms with Gasteiger partial charge >= 0.3 is 0 Å². The van der Waals surface area contributed by atoms with E-state index in [1.165, 1.54) is 5.56 Å². The van der Waals surface area contributed by atoms with Crippen LogP contribution in [0.4, 0.5) is 0 Å². The molecule has 0 radical (unpaired) electrons. The maximum Gasteiger partial charge on any atom is 0.0541 e. The summed E-state index contributed by atoms with van der Waals surface area (Å²) in [7, 11) is 0. The fraction of sp³-hybridized carbons (Fsp3) is 0.231. The van der Waals surface area contributed by atoms with Crippen molar-refractivity contribution in [3.05, 3.63) is 60.2 Å². The lowest BCUT2D eigenvalue weighted by Gasteiger charge is -2.13. The Hall–Kier alpha value is -1.74. The predicted octanol–water partition coefficient (Wildman–Crippen LogP) is 2.33. The Labute approximate surface area is 95.6 Å². The van der Waals surface area contributed by atoms with Crippen molar-refractivity contribution < 1.29 is 0 Å². The Balaban J connectivity index is 1.92. The number of aromatic nitrogens is 2. The SMILES string of the molecule is CC(NCc1ccccn1)c1cccnc1. The molecule has 0 saturated carbocycles. The molecule has 0 bridgehead atoms. The van der Waals surface area contributed by atoms with E-state index in [2.05, 4.69) is 28.3 Å². The zero-order valence-corrected chi connectivity index (χ0v) is 9.30. The molecule has 0 aliphatic heterocycles. The molecule has 2 heterocycles. The van der Waals surface area contributed by atoms with E-state index in [0.29, 0.717) is 0 Å². The molecular weight excluding hydrogens is 198 g/mol. The first kappa shape index (κ1) is 10.8. The third-order valence-electron chi connectivity index (χ3n) is 2.50. The van der Waals surface area contributed by atoms with Crippen molar-refractivity contribution in [1.29, 1.82) is 0 Å². The predicted molar refractivity (Wildman–Crippen MR) is 63.7 cm³/mol. The van der Waals surface area contributed by atoms with Gasteiger partial charge in [0.2, 0.25) is 0 Å². The summed E-state index contributed by atoms with van der Waals surface area (Å²) >= 11 is 0. The topological polar surface area (TPSA) is 37.8 Å². The van der Waals surface area contributed by atoms with E-state index >= 15 is 0 Å². The fourth-order valence-electron chi connectivity index (χ4n) is 1.51. The standard InChI is InChI=1S/C13H15N3/c1-11(12-5-4-7-14-9-12)16-10-13-6-2-3-8-15-13/h2-9,11,16H,10H2,1H3. The van der Waals surface area contributed by atoms with Gasteiger partial charge in [-0.05, 0) is 30.7 Å². The summed E-state index contributed by atoms with van der Waals surface area (Å²) < 4.78 is 0. The van der Waals surface area contributed by atoms with Crippen molar-refractivity contribution >= 4 is 0 Å². The quantitative estimate of drug-likeness (QED) is 0.847. The third kappa shape index (κ3) is 2.87. The minimum absolute atomic E-state index is 0.288. The van der Waals surface area contributed by atoms with Crippen molar-refractivity contribution in [3.63, 3.8) is 0 Å². The number of nitrogens with one attached hydrogen (secondary N) is 1. The van der Waals surface area contributed by atoms with Crippen LogP contribution in [0, 0.1) is 0 Å². The maximum absolute atomic E-state index is 4.27. The van der Waals surface area contributed by atoms with Crippen LogP contribution in [0.5, 0.6) is 0 Å². The first-order valence-corrected chi connectivity index (χ1v) is 5.39. The number of hydrogen-bond acceptors (Lipinski definition) is 3. The Morgan fingerprint density at radius 3 is 2.81 bits per heavy atom. The van der Waals surface area contributed by atoms with Crippen LogP contribution in [0.2, 0.25) is 0 Å². The van der Waals surface area contributed by atoms with Crippen molar-refractivity contribution in [1.82, 2.24) is 15.3 Å². The van der Waals surface area contributed by atoms with Gasteiger partial charge in [0.15, 0.2) is 0 Å². The van der Waals surface area contributed by atoms with Crippen LogP contribution in [-0.2, 0) is 6.54 Å². The van der Waals surface area contributed by atoms with Crippen molar-refractivity contribution in [3.8, 4) is 0 Å². The zero-order valence-electron chi connectivity index (χ0n) is 9.30. The highest BCUT2D eigenvalue weighted by molar-refractivity contribution is 5.13. The molecule has 16 heavy (non-hydrogen) atoms. The number of pyridine rings is 2. The summed E-state index contributed by atoms with van der Waals surface area (Å²) in [6, 6.07) is 10.3. The van der Waals surface area contributed by atoms with Crippen molar-refractivity contribution in [2.75, 3.05) is 0 Å². The van der Waals surface area contributed by atoms with Gasteiger partial charge in [0.1, 0.15) is 0 Å². The molecule has 3 nitrogen and oxygen atoms in total. The molecule has 2 rings (SSSR count). The monoisotopic (exact) mass is 213 g/mol. The molecule has 3 heteroatoms. The van der Waals surface area contributed by atoms with Gasteiger partial charge in [0, 0.05) is 31.2 Å². The Morgan fingerprint density at radius 2 is 2.12 bits per heavy atom. The summed E-state index contributed by atoms with van der Waals surface area (Å²) in [5, 5.41) is 3.41. The van der Waals surface area contributed by atoms with E-state index < -0.39 is 0 Å². The van der Waals surface area contributed by atoms with Crippen molar-refractivity contribution in [2.45, 2.75) is 19.5 Å². The smallest absolute Gasteiger partial charge is 0.0541 e. The maximum atomic E-state index is 4.27. The minimum Gasteiger partial charge on any atom is -0.305 e. The first-order chi connectivity index (χ1) is 7.86. The number of hydrogen-bond donors (Lipinski definition) is 1. The highest BCUT2D eigenvalue weighted by Crippen LogP contribution is 2.10. The third-order valence-corrected chi connectivity index (χ3v) is 2.50. The van der Waals surface area contributed by atoms with Gasteiger partial charge in [-0.15, -0.1) is 0 Å². The highest BCUT2D eigenvalue weighted by Gasteiger charge is 2.04. The Morgan fingerprint density at radius 1 is 1.19 bits per heavy atom. The lowest BCUT2D eigenvalue weighted by molar-refractivity contribution is 0.566. The summed E-state index contributed by atoms with van der Waals surface area (Å²) in [6.45, 7) is 2.90. The Kier molecular flexibility index (Phi) is 3.62. The second kappa shape index (κ2) is 5.37. The molecule has 1 atom stereocenters. The van der Waals surface area contributed by atoms with E-state index in [1.807, 2.05) is 36.7 Å². The van der Waals surface area contributed by atoms with E-state index in [4.69, 9.17) is 0 Å². The first-order valence-electron chi connectivity index (χ1n) is 5.39. The molecule has 0 aliphatic carbocycles. The molecule has 0 saturated heterocycles. The molecule has 2 aromatic rings. The molecule has 1 unspecified atom stereocenters. The summed E-state index contributed by atoms with van der Waals surface area (Å²) in [5.74, 6) is 0. The van der Waals surface area contributed by atoms with Gasteiger partial charge in [-0.25, -0.2) is 0 Å². The molecule has 0 fully saturated rings. The second-order valence-corrected chi connectivity index (χ2v) is 3.71. The van der Waals surface area contributed by atoms with Crippen molar-refractivity contribution in [2.24, 2.45) is 0 Å².